The zero-order chi connectivity index (χ0) is 14.5. The lowest BCUT2D eigenvalue weighted by atomic mass is 10.1. The second-order valence-corrected chi connectivity index (χ2v) is 5.21. The molecule has 1 unspecified atom stereocenters. The van der Waals surface area contributed by atoms with E-state index in [9.17, 15) is 0 Å². The van der Waals surface area contributed by atoms with E-state index in [2.05, 4.69) is 21.1 Å². The molecule has 0 aromatic heterocycles. The molecule has 0 radical (unpaired) electrons. The highest BCUT2D eigenvalue weighted by atomic mass is 79.9. The fourth-order valence-electron chi connectivity index (χ4n) is 1.84. The van der Waals surface area contributed by atoms with Crippen molar-refractivity contribution in [1.29, 1.82) is 0 Å². The largest absolute Gasteiger partial charge is 0.485 e. The van der Waals surface area contributed by atoms with E-state index < -0.39 is 0 Å². The summed E-state index contributed by atoms with van der Waals surface area (Å²) in [5, 5.41) is 11.9. The van der Waals surface area contributed by atoms with Gasteiger partial charge in [-0.05, 0) is 30.7 Å². The second kappa shape index (κ2) is 6.43. The number of halogens is 1. The van der Waals surface area contributed by atoms with E-state index in [4.69, 9.17) is 15.7 Å². The molecule has 2 aromatic rings. The average Bonchev–Trinajstić information content (AvgIpc) is 2.47. The molecule has 0 fully saturated rings. The van der Waals surface area contributed by atoms with Crippen LogP contribution in [0.1, 0.15) is 24.2 Å². The minimum absolute atomic E-state index is 0.0211. The molecule has 0 saturated heterocycles. The van der Waals surface area contributed by atoms with Gasteiger partial charge in [-0.25, -0.2) is 0 Å². The van der Waals surface area contributed by atoms with E-state index >= 15 is 0 Å². The van der Waals surface area contributed by atoms with E-state index in [1.54, 1.807) is 12.1 Å². The van der Waals surface area contributed by atoms with Crippen molar-refractivity contribution in [3.05, 3.63) is 64.1 Å². The van der Waals surface area contributed by atoms with Crippen molar-refractivity contribution < 1.29 is 9.94 Å². The first-order chi connectivity index (χ1) is 9.61. The molecule has 4 nitrogen and oxygen atoms in total. The number of amidine groups is 1. The first-order valence-electron chi connectivity index (χ1n) is 6.11. The van der Waals surface area contributed by atoms with Crippen LogP contribution < -0.4 is 10.5 Å². The third-order valence-electron chi connectivity index (χ3n) is 2.90. The van der Waals surface area contributed by atoms with Crippen LogP contribution >= 0.6 is 15.9 Å². The lowest BCUT2D eigenvalue weighted by Gasteiger charge is -2.17. The van der Waals surface area contributed by atoms with Crippen molar-refractivity contribution in [1.82, 2.24) is 0 Å². The maximum absolute atomic E-state index is 8.83. The molecule has 0 amide bonds. The van der Waals surface area contributed by atoms with Crippen LogP contribution in [0.5, 0.6) is 5.75 Å². The van der Waals surface area contributed by atoms with E-state index in [0.29, 0.717) is 11.3 Å². The Hall–Kier alpha value is -2.01. The summed E-state index contributed by atoms with van der Waals surface area (Å²) < 4.78 is 6.80. The molecule has 104 valence electrons. The maximum Gasteiger partial charge on any atom is 0.173 e. The Bertz CT molecular complexity index is 615. The zero-order valence-corrected chi connectivity index (χ0v) is 12.5. The molecule has 0 aliphatic rings. The molecular weight excluding hydrogens is 320 g/mol. The highest BCUT2D eigenvalue weighted by Crippen LogP contribution is 2.28. The zero-order valence-electron chi connectivity index (χ0n) is 11.0. The number of ether oxygens (including phenoxy) is 1. The van der Waals surface area contributed by atoms with Gasteiger partial charge in [0, 0.05) is 4.47 Å². The monoisotopic (exact) mass is 334 g/mol. The second-order valence-electron chi connectivity index (χ2n) is 4.30. The number of hydrogen-bond acceptors (Lipinski definition) is 3. The molecular formula is C15H15BrN2O2. The summed E-state index contributed by atoms with van der Waals surface area (Å²) in [7, 11) is 0. The summed E-state index contributed by atoms with van der Waals surface area (Å²) >= 11 is 3.39. The number of oxime groups is 1. The van der Waals surface area contributed by atoms with E-state index in [1.807, 2.05) is 43.3 Å². The van der Waals surface area contributed by atoms with Gasteiger partial charge in [0.2, 0.25) is 0 Å². The molecule has 20 heavy (non-hydrogen) atoms. The molecule has 2 aromatic carbocycles. The summed E-state index contributed by atoms with van der Waals surface area (Å²) in [5.74, 6) is 0.582. The van der Waals surface area contributed by atoms with Gasteiger partial charge >= 0.3 is 0 Å². The quantitative estimate of drug-likeness (QED) is 0.388. The van der Waals surface area contributed by atoms with Crippen LogP contribution in [0, 0.1) is 0 Å². The first-order valence-corrected chi connectivity index (χ1v) is 6.90. The van der Waals surface area contributed by atoms with Crippen LogP contribution in [0.25, 0.3) is 0 Å². The Balaban J connectivity index is 2.31. The predicted molar refractivity (Wildman–Crippen MR) is 82.1 cm³/mol. The minimum atomic E-state index is -0.143. The molecule has 1 atom stereocenters. The molecule has 0 heterocycles. The van der Waals surface area contributed by atoms with Gasteiger partial charge < -0.3 is 15.7 Å². The Morgan fingerprint density at radius 1 is 1.25 bits per heavy atom. The Morgan fingerprint density at radius 2 is 1.95 bits per heavy atom. The van der Waals surface area contributed by atoms with E-state index in [-0.39, 0.29) is 11.9 Å². The van der Waals surface area contributed by atoms with Crippen molar-refractivity contribution in [2.75, 3.05) is 0 Å². The topological polar surface area (TPSA) is 67.8 Å². The smallest absolute Gasteiger partial charge is 0.173 e. The number of nitrogens with two attached hydrogens (primary N) is 1. The van der Waals surface area contributed by atoms with Gasteiger partial charge in [0.05, 0.1) is 5.56 Å². The lowest BCUT2D eigenvalue weighted by molar-refractivity contribution is 0.226. The van der Waals surface area contributed by atoms with Gasteiger partial charge in [0.25, 0.3) is 0 Å². The normalized spacial score (nSPS) is 13.0. The number of rotatable bonds is 4. The molecule has 3 N–H and O–H groups in total. The van der Waals surface area contributed by atoms with Gasteiger partial charge in [-0.1, -0.05) is 51.4 Å². The van der Waals surface area contributed by atoms with Gasteiger partial charge in [-0.15, -0.1) is 0 Å². The molecule has 2 rings (SSSR count). The van der Waals surface area contributed by atoms with Crippen molar-refractivity contribution in [2.24, 2.45) is 10.9 Å². The molecule has 0 spiro atoms. The van der Waals surface area contributed by atoms with Crippen LogP contribution in [0.4, 0.5) is 0 Å². The summed E-state index contributed by atoms with van der Waals surface area (Å²) in [6, 6.07) is 15.2. The standard InChI is InChI=1S/C15H15BrN2O2/c1-10(11-5-3-2-4-6-11)20-14-9-12(16)7-8-13(14)15(17)18-19/h2-10,19H,1H3,(H2,17,18). The van der Waals surface area contributed by atoms with Crippen LogP contribution in [-0.4, -0.2) is 11.0 Å². The van der Waals surface area contributed by atoms with Gasteiger partial charge in [0.15, 0.2) is 5.84 Å². The van der Waals surface area contributed by atoms with Crippen molar-refractivity contribution in [2.45, 2.75) is 13.0 Å². The predicted octanol–water partition coefficient (Wildman–Crippen LogP) is 3.68. The van der Waals surface area contributed by atoms with Crippen LogP contribution in [-0.2, 0) is 0 Å². The molecule has 0 aliphatic carbocycles. The summed E-state index contributed by atoms with van der Waals surface area (Å²) in [5.41, 5.74) is 7.27. The van der Waals surface area contributed by atoms with Crippen LogP contribution in [0.15, 0.2) is 58.2 Å². The highest BCUT2D eigenvalue weighted by molar-refractivity contribution is 9.10. The third kappa shape index (κ3) is 3.30. The van der Waals surface area contributed by atoms with E-state index in [0.717, 1.165) is 10.0 Å². The Morgan fingerprint density at radius 3 is 2.60 bits per heavy atom. The van der Waals surface area contributed by atoms with Crippen molar-refractivity contribution in [3.8, 4) is 5.75 Å². The van der Waals surface area contributed by atoms with Gasteiger partial charge in [0.1, 0.15) is 11.9 Å². The first kappa shape index (κ1) is 14.4. The molecule has 0 aliphatic heterocycles. The number of hydrogen-bond donors (Lipinski definition) is 2. The molecule has 0 bridgehead atoms. The summed E-state index contributed by atoms with van der Waals surface area (Å²) in [4.78, 5) is 0. The summed E-state index contributed by atoms with van der Waals surface area (Å²) in [6.07, 6.45) is -0.143. The number of benzene rings is 2. The molecule has 0 saturated carbocycles. The fraction of sp³-hybridized carbons (Fsp3) is 0.133. The minimum Gasteiger partial charge on any atom is -0.485 e. The Kier molecular flexibility index (Phi) is 4.63. The highest BCUT2D eigenvalue weighted by Gasteiger charge is 2.13. The van der Waals surface area contributed by atoms with Gasteiger partial charge in [-0.3, -0.25) is 0 Å². The third-order valence-corrected chi connectivity index (χ3v) is 3.39. The molecule has 5 heteroatoms. The summed E-state index contributed by atoms with van der Waals surface area (Å²) in [6.45, 7) is 1.95. The van der Waals surface area contributed by atoms with Crippen molar-refractivity contribution in [3.63, 3.8) is 0 Å². The number of nitrogens with zero attached hydrogens (tertiary/aromatic N) is 1. The van der Waals surface area contributed by atoms with Crippen LogP contribution in [0.3, 0.4) is 0 Å². The SMILES string of the molecule is CC(Oc1cc(Br)ccc1/C(N)=N/O)c1ccccc1. The van der Waals surface area contributed by atoms with Crippen LogP contribution in [0.2, 0.25) is 0 Å². The van der Waals surface area contributed by atoms with E-state index in [1.165, 1.54) is 0 Å². The van der Waals surface area contributed by atoms with Crippen molar-refractivity contribution >= 4 is 21.8 Å². The fourth-order valence-corrected chi connectivity index (χ4v) is 2.18. The maximum atomic E-state index is 8.83. The lowest BCUT2D eigenvalue weighted by Crippen LogP contribution is -2.15. The average molecular weight is 335 g/mol. The Labute approximate surface area is 126 Å². The van der Waals surface area contributed by atoms with Gasteiger partial charge in [-0.2, -0.15) is 0 Å².